The lowest BCUT2D eigenvalue weighted by molar-refractivity contribution is -0.127. The Bertz CT molecular complexity index is 504. The highest BCUT2D eigenvalue weighted by molar-refractivity contribution is 5.78. The molecule has 1 fully saturated rings. The first-order valence-corrected chi connectivity index (χ1v) is 7.36. The van der Waals surface area contributed by atoms with E-state index < -0.39 is 0 Å². The van der Waals surface area contributed by atoms with Gasteiger partial charge in [-0.25, -0.2) is 0 Å². The van der Waals surface area contributed by atoms with Crippen molar-refractivity contribution < 1.29 is 14.3 Å². The van der Waals surface area contributed by atoms with Crippen LogP contribution in [0.2, 0.25) is 0 Å². The van der Waals surface area contributed by atoms with Crippen molar-refractivity contribution in [2.45, 2.75) is 25.8 Å². The Morgan fingerprint density at radius 3 is 2.67 bits per heavy atom. The van der Waals surface area contributed by atoms with Gasteiger partial charge in [0.15, 0.2) is 11.5 Å². The maximum Gasteiger partial charge on any atom is 0.222 e. The van der Waals surface area contributed by atoms with Crippen molar-refractivity contribution in [2.24, 2.45) is 11.7 Å². The molecule has 2 N–H and O–H groups in total. The molecule has 0 saturated carbocycles. The Morgan fingerprint density at radius 1 is 1.33 bits per heavy atom. The molecular formula is C16H24N2O3. The van der Waals surface area contributed by atoms with Crippen molar-refractivity contribution in [3.8, 4) is 11.5 Å². The Labute approximate surface area is 126 Å². The van der Waals surface area contributed by atoms with Crippen molar-refractivity contribution in [1.29, 1.82) is 0 Å². The lowest BCUT2D eigenvalue weighted by atomic mass is 9.93. The van der Waals surface area contributed by atoms with Gasteiger partial charge in [0.25, 0.3) is 0 Å². The molecule has 5 nitrogen and oxygen atoms in total. The van der Waals surface area contributed by atoms with E-state index >= 15 is 0 Å². The minimum atomic E-state index is -0.171. The Hall–Kier alpha value is -1.75. The zero-order chi connectivity index (χ0) is 15.4. The first-order chi connectivity index (χ1) is 10.1. The second kappa shape index (κ2) is 6.80. The molecule has 0 radical (unpaired) electrons. The smallest absolute Gasteiger partial charge is 0.222 e. The molecule has 116 valence electrons. The van der Waals surface area contributed by atoms with Crippen LogP contribution in [0.1, 0.15) is 31.4 Å². The summed E-state index contributed by atoms with van der Waals surface area (Å²) in [6.45, 7) is 3.63. The summed E-state index contributed by atoms with van der Waals surface area (Å²) in [4.78, 5) is 13.9. The predicted molar refractivity (Wildman–Crippen MR) is 81.5 cm³/mol. The first kappa shape index (κ1) is 15.6. The molecule has 0 aromatic heterocycles. The molecule has 1 amide bonds. The molecule has 2 atom stereocenters. The van der Waals surface area contributed by atoms with Gasteiger partial charge in [-0.2, -0.15) is 0 Å². The number of amides is 1. The molecule has 1 aliphatic rings. The van der Waals surface area contributed by atoms with Gasteiger partial charge in [-0.05, 0) is 24.1 Å². The molecule has 1 aromatic rings. The standard InChI is InChI=1S/C16H24N2O3/c1-4-7-18-10-12(9-15(18)19)16(17)11-5-6-13(20-2)14(8-11)21-3/h5-6,8,12,16H,4,7,9-10,17H2,1-3H3. The summed E-state index contributed by atoms with van der Waals surface area (Å²) in [5.41, 5.74) is 7.34. The summed E-state index contributed by atoms with van der Waals surface area (Å²) in [6.07, 6.45) is 1.50. The van der Waals surface area contributed by atoms with Gasteiger partial charge in [0.2, 0.25) is 5.91 Å². The Balaban J connectivity index is 2.13. The van der Waals surface area contributed by atoms with Crippen molar-refractivity contribution in [3.63, 3.8) is 0 Å². The number of methoxy groups -OCH3 is 2. The van der Waals surface area contributed by atoms with Gasteiger partial charge in [0.05, 0.1) is 14.2 Å². The number of carbonyl (C=O) groups is 1. The van der Waals surface area contributed by atoms with Crippen molar-refractivity contribution in [2.75, 3.05) is 27.3 Å². The Kier molecular flexibility index (Phi) is 5.07. The summed E-state index contributed by atoms with van der Waals surface area (Å²) in [7, 11) is 3.21. The van der Waals surface area contributed by atoms with Gasteiger partial charge in [0.1, 0.15) is 0 Å². The first-order valence-electron chi connectivity index (χ1n) is 7.36. The minimum Gasteiger partial charge on any atom is -0.493 e. The highest BCUT2D eigenvalue weighted by atomic mass is 16.5. The van der Waals surface area contributed by atoms with E-state index in [1.165, 1.54) is 0 Å². The van der Waals surface area contributed by atoms with E-state index in [0.717, 1.165) is 25.1 Å². The number of carbonyl (C=O) groups excluding carboxylic acids is 1. The molecule has 5 heteroatoms. The van der Waals surface area contributed by atoms with Gasteiger partial charge in [-0.15, -0.1) is 0 Å². The highest BCUT2D eigenvalue weighted by Gasteiger charge is 2.33. The van der Waals surface area contributed by atoms with E-state index in [1.807, 2.05) is 23.1 Å². The quantitative estimate of drug-likeness (QED) is 0.870. The van der Waals surface area contributed by atoms with Crippen LogP contribution in [0.3, 0.4) is 0 Å². The topological polar surface area (TPSA) is 64.8 Å². The third-order valence-corrected chi connectivity index (χ3v) is 4.04. The van der Waals surface area contributed by atoms with E-state index in [9.17, 15) is 4.79 Å². The maximum atomic E-state index is 12.0. The monoisotopic (exact) mass is 292 g/mol. The molecule has 21 heavy (non-hydrogen) atoms. The molecule has 0 aliphatic carbocycles. The third-order valence-electron chi connectivity index (χ3n) is 4.04. The molecule has 1 aromatic carbocycles. The van der Waals surface area contributed by atoms with E-state index in [4.69, 9.17) is 15.2 Å². The number of hydrogen-bond donors (Lipinski definition) is 1. The van der Waals surface area contributed by atoms with Crippen molar-refractivity contribution in [1.82, 2.24) is 4.90 Å². The summed E-state index contributed by atoms with van der Waals surface area (Å²) < 4.78 is 10.5. The fraction of sp³-hybridized carbons (Fsp3) is 0.562. The number of nitrogens with two attached hydrogens (primary N) is 1. The largest absolute Gasteiger partial charge is 0.493 e. The fourth-order valence-corrected chi connectivity index (χ4v) is 2.86. The number of likely N-dealkylation sites (tertiary alicyclic amines) is 1. The Morgan fingerprint density at radius 2 is 2.05 bits per heavy atom. The number of rotatable bonds is 6. The van der Waals surface area contributed by atoms with Crippen LogP contribution in [0.5, 0.6) is 11.5 Å². The molecule has 1 saturated heterocycles. The van der Waals surface area contributed by atoms with Crippen molar-refractivity contribution >= 4 is 5.91 Å². The highest BCUT2D eigenvalue weighted by Crippen LogP contribution is 2.34. The molecule has 2 rings (SSSR count). The number of hydrogen-bond acceptors (Lipinski definition) is 4. The van der Waals surface area contributed by atoms with E-state index in [1.54, 1.807) is 14.2 Å². The zero-order valence-corrected chi connectivity index (χ0v) is 13.0. The average Bonchev–Trinajstić information content (AvgIpc) is 2.87. The summed E-state index contributed by atoms with van der Waals surface area (Å²) in [5.74, 6) is 1.71. The van der Waals surface area contributed by atoms with Crippen LogP contribution in [0, 0.1) is 5.92 Å². The molecular weight excluding hydrogens is 268 g/mol. The second-order valence-electron chi connectivity index (χ2n) is 5.44. The van der Waals surface area contributed by atoms with Gasteiger partial charge in [0, 0.05) is 31.5 Å². The van der Waals surface area contributed by atoms with Crippen LogP contribution in [-0.4, -0.2) is 38.1 Å². The lowest BCUT2D eigenvalue weighted by Crippen LogP contribution is -2.28. The molecule has 1 aliphatic heterocycles. The van der Waals surface area contributed by atoms with Crippen molar-refractivity contribution in [3.05, 3.63) is 23.8 Å². The van der Waals surface area contributed by atoms with Gasteiger partial charge in [-0.1, -0.05) is 13.0 Å². The van der Waals surface area contributed by atoms with E-state index in [2.05, 4.69) is 6.92 Å². The molecule has 2 unspecified atom stereocenters. The van der Waals surface area contributed by atoms with Crippen LogP contribution in [-0.2, 0) is 4.79 Å². The van der Waals surface area contributed by atoms with Gasteiger partial charge in [-0.3, -0.25) is 4.79 Å². The van der Waals surface area contributed by atoms with E-state index in [0.29, 0.717) is 17.9 Å². The molecule has 0 spiro atoms. The maximum absolute atomic E-state index is 12.0. The fourth-order valence-electron chi connectivity index (χ4n) is 2.86. The second-order valence-corrected chi connectivity index (χ2v) is 5.44. The van der Waals surface area contributed by atoms with Crippen LogP contribution < -0.4 is 15.2 Å². The van der Waals surface area contributed by atoms with Crippen LogP contribution in [0.25, 0.3) is 0 Å². The molecule has 0 bridgehead atoms. The number of nitrogens with zero attached hydrogens (tertiary/aromatic N) is 1. The lowest BCUT2D eigenvalue weighted by Gasteiger charge is -2.21. The van der Waals surface area contributed by atoms with E-state index in [-0.39, 0.29) is 17.9 Å². The SMILES string of the molecule is CCCN1CC(C(N)c2ccc(OC)c(OC)c2)CC1=O. The van der Waals surface area contributed by atoms with Gasteiger partial charge < -0.3 is 20.1 Å². The van der Waals surface area contributed by atoms with Crippen LogP contribution in [0.4, 0.5) is 0 Å². The normalized spacial score (nSPS) is 19.7. The third kappa shape index (κ3) is 3.29. The zero-order valence-electron chi connectivity index (χ0n) is 13.0. The summed E-state index contributed by atoms with van der Waals surface area (Å²) in [5, 5.41) is 0. The average molecular weight is 292 g/mol. The van der Waals surface area contributed by atoms with Crippen LogP contribution >= 0.6 is 0 Å². The number of ether oxygens (including phenoxy) is 2. The minimum absolute atomic E-state index is 0.155. The van der Waals surface area contributed by atoms with Crippen LogP contribution in [0.15, 0.2) is 18.2 Å². The van der Waals surface area contributed by atoms with Gasteiger partial charge >= 0.3 is 0 Å². The predicted octanol–water partition coefficient (Wildman–Crippen LogP) is 1.96. The number of benzene rings is 1. The molecule has 1 heterocycles. The summed E-state index contributed by atoms with van der Waals surface area (Å²) in [6, 6.07) is 5.53. The summed E-state index contributed by atoms with van der Waals surface area (Å²) >= 11 is 0.